The predicted molar refractivity (Wildman–Crippen MR) is 84.4 cm³/mol. The normalized spacial score (nSPS) is 20.3. The van der Waals surface area contributed by atoms with Gasteiger partial charge < -0.3 is 10.5 Å². The minimum atomic E-state index is -0.466. The van der Waals surface area contributed by atoms with Crippen molar-refractivity contribution in [3.8, 4) is 0 Å². The molecular formula is C16H21N5O2. The molecule has 1 aromatic carbocycles. The molecule has 2 heterocycles. The van der Waals surface area contributed by atoms with Gasteiger partial charge in [0.05, 0.1) is 6.61 Å². The number of aromatic nitrogens is 3. The average molecular weight is 315 g/mol. The van der Waals surface area contributed by atoms with Crippen LogP contribution in [-0.2, 0) is 16.0 Å². The first-order valence-corrected chi connectivity index (χ1v) is 7.80. The van der Waals surface area contributed by atoms with Crippen molar-refractivity contribution in [2.24, 2.45) is 5.73 Å². The summed E-state index contributed by atoms with van der Waals surface area (Å²) in [6.07, 6.45) is 0.531. The molecule has 1 aliphatic heterocycles. The van der Waals surface area contributed by atoms with E-state index < -0.39 is 6.04 Å². The van der Waals surface area contributed by atoms with Gasteiger partial charge in [0.25, 0.3) is 0 Å². The molecule has 23 heavy (non-hydrogen) atoms. The molecule has 1 aromatic heterocycles. The minimum absolute atomic E-state index is 0.258. The number of nitrogens with two attached hydrogens (primary N) is 1. The van der Waals surface area contributed by atoms with Crippen LogP contribution in [0.3, 0.4) is 0 Å². The summed E-state index contributed by atoms with van der Waals surface area (Å²) >= 11 is 0. The number of aromatic amines is 1. The smallest absolute Gasteiger partial charge is 0.239 e. The Kier molecular flexibility index (Phi) is 4.68. The molecule has 2 atom stereocenters. The number of hydrogen-bond donors (Lipinski definition) is 2. The summed E-state index contributed by atoms with van der Waals surface area (Å²) in [5.74, 6) is 1.10. The summed E-state index contributed by atoms with van der Waals surface area (Å²) in [4.78, 5) is 18.5. The molecule has 7 nitrogen and oxygen atoms in total. The van der Waals surface area contributed by atoms with Gasteiger partial charge in [-0.05, 0) is 5.56 Å². The van der Waals surface area contributed by atoms with E-state index in [1.807, 2.05) is 42.2 Å². The van der Waals surface area contributed by atoms with Crippen LogP contribution in [-0.4, -0.2) is 45.7 Å². The second kappa shape index (κ2) is 6.89. The Labute approximate surface area is 134 Å². The van der Waals surface area contributed by atoms with Crippen molar-refractivity contribution in [1.82, 2.24) is 20.1 Å². The van der Waals surface area contributed by atoms with Gasteiger partial charge in [0.2, 0.25) is 5.91 Å². The Morgan fingerprint density at radius 1 is 1.48 bits per heavy atom. The van der Waals surface area contributed by atoms with Gasteiger partial charge in [-0.15, -0.1) is 0 Å². The van der Waals surface area contributed by atoms with Crippen molar-refractivity contribution < 1.29 is 9.53 Å². The van der Waals surface area contributed by atoms with Crippen molar-refractivity contribution in [1.29, 1.82) is 0 Å². The Balaban J connectivity index is 1.79. The standard InChI is InChI=1S/C16H21N5O2/c1-2-13-18-16(20-19-13)12-10-21(8-9-23-12)14(15(17)22)11-6-4-3-5-7-11/h3-7,12,14H,2,8-10H2,1H3,(H2,17,22)(H,18,19,20)/t12-,14+/m1/s1. The van der Waals surface area contributed by atoms with Gasteiger partial charge in [0.15, 0.2) is 5.82 Å². The number of nitrogens with zero attached hydrogens (tertiary/aromatic N) is 3. The third kappa shape index (κ3) is 3.40. The number of nitrogens with one attached hydrogen (secondary N) is 1. The first-order valence-electron chi connectivity index (χ1n) is 7.80. The predicted octanol–water partition coefficient (Wildman–Crippen LogP) is 0.967. The molecule has 1 fully saturated rings. The van der Waals surface area contributed by atoms with Crippen molar-refractivity contribution in [3.05, 3.63) is 47.5 Å². The maximum absolute atomic E-state index is 12.0. The topological polar surface area (TPSA) is 97.1 Å². The number of aryl methyl sites for hydroxylation is 1. The fourth-order valence-electron chi connectivity index (χ4n) is 2.86. The molecule has 0 radical (unpaired) electrons. The van der Waals surface area contributed by atoms with E-state index in [1.54, 1.807) is 0 Å². The van der Waals surface area contributed by atoms with Gasteiger partial charge in [0.1, 0.15) is 18.0 Å². The molecule has 0 saturated carbocycles. The van der Waals surface area contributed by atoms with E-state index in [9.17, 15) is 4.79 Å². The van der Waals surface area contributed by atoms with Crippen LogP contribution in [0, 0.1) is 0 Å². The summed E-state index contributed by atoms with van der Waals surface area (Å²) < 4.78 is 5.78. The maximum atomic E-state index is 12.0. The quantitative estimate of drug-likeness (QED) is 0.857. The van der Waals surface area contributed by atoms with Crippen LogP contribution in [0.2, 0.25) is 0 Å². The van der Waals surface area contributed by atoms with E-state index in [2.05, 4.69) is 15.2 Å². The number of H-pyrrole nitrogens is 1. The summed E-state index contributed by atoms with van der Waals surface area (Å²) in [7, 11) is 0. The second-order valence-electron chi connectivity index (χ2n) is 5.56. The lowest BCUT2D eigenvalue weighted by molar-refractivity contribution is -0.127. The monoisotopic (exact) mass is 315 g/mol. The van der Waals surface area contributed by atoms with E-state index >= 15 is 0 Å². The summed E-state index contributed by atoms with van der Waals surface area (Å²) in [5.41, 5.74) is 6.54. The number of ether oxygens (including phenoxy) is 1. The zero-order valence-electron chi connectivity index (χ0n) is 13.1. The van der Waals surface area contributed by atoms with Crippen LogP contribution in [0.15, 0.2) is 30.3 Å². The van der Waals surface area contributed by atoms with Gasteiger partial charge in [-0.25, -0.2) is 4.98 Å². The molecule has 2 aromatic rings. The van der Waals surface area contributed by atoms with Crippen LogP contribution in [0.4, 0.5) is 0 Å². The number of carbonyl (C=O) groups excluding carboxylic acids is 1. The molecular weight excluding hydrogens is 294 g/mol. The van der Waals surface area contributed by atoms with Crippen LogP contribution >= 0.6 is 0 Å². The van der Waals surface area contributed by atoms with Gasteiger partial charge >= 0.3 is 0 Å². The summed E-state index contributed by atoms with van der Waals surface area (Å²) in [6.45, 7) is 3.70. The number of primary amides is 1. The molecule has 1 saturated heterocycles. The molecule has 0 unspecified atom stereocenters. The minimum Gasteiger partial charge on any atom is -0.368 e. The number of carbonyl (C=O) groups is 1. The van der Waals surface area contributed by atoms with Crippen LogP contribution in [0.5, 0.6) is 0 Å². The van der Waals surface area contributed by atoms with Crippen molar-refractivity contribution in [2.45, 2.75) is 25.5 Å². The highest BCUT2D eigenvalue weighted by atomic mass is 16.5. The highest BCUT2D eigenvalue weighted by Crippen LogP contribution is 2.27. The number of amides is 1. The number of rotatable bonds is 5. The Hall–Kier alpha value is -2.25. The molecule has 0 spiro atoms. The zero-order chi connectivity index (χ0) is 16.2. The van der Waals surface area contributed by atoms with Gasteiger partial charge in [0, 0.05) is 19.5 Å². The highest BCUT2D eigenvalue weighted by Gasteiger charge is 2.32. The molecule has 122 valence electrons. The van der Waals surface area contributed by atoms with E-state index in [1.165, 1.54) is 0 Å². The number of hydrogen-bond acceptors (Lipinski definition) is 5. The SMILES string of the molecule is CCc1nc([C@H]2CN([C@H](C(N)=O)c3ccccc3)CCO2)n[nH]1. The Morgan fingerprint density at radius 3 is 2.91 bits per heavy atom. The van der Waals surface area contributed by atoms with Gasteiger partial charge in [-0.3, -0.25) is 14.8 Å². The molecule has 0 aliphatic carbocycles. The highest BCUT2D eigenvalue weighted by molar-refractivity contribution is 5.81. The number of benzene rings is 1. The van der Waals surface area contributed by atoms with Crippen LogP contribution in [0.1, 0.15) is 36.3 Å². The van der Waals surface area contributed by atoms with E-state index in [-0.39, 0.29) is 12.0 Å². The van der Waals surface area contributed by atoms with E-state index in [4.69, 9.17) is 10.5 Å². The fourth-order valence-corrected chi connectivity index (χ4v) is 2.86. The van der Waals surface area contributed by atoms with Crippen LogP contribution in [0.25, 0.3) is 0 Å². The van der Waals surface area contributed by atoms with E-state index in [0.29, 0.717) is 25.5 Å². The Morgan fingerprint density at radius 2 is 2.26 bits per heavy atom. The Bertz CT molecular complexity index is 658. The fraction of sp³-hybridized carbons (Fsp3) is 0.438. The van der Waals surface area contributed by atoms with Crippen molar-refractivity contribution in [3.63, 3.8) is 0 Å². The molecule has 3 N–H and O–H groups in total. The lowest BCUT2D eigenvalue weighted by atomic mass is 10.0. The lowest BCUT2D eigenvalue weighted by Crippen LogP contribution is -2.45. The summed E-state index contributed by atoms with van der Waals surface area (Å²) in [6, 6.07) is 9.11. The third-order valence-electron chi connectivity index (χ3n) is 4.02. The first kappa shape index (κ1) is 15.6. The molecule has 1 amide bonds. The summed E-state index contributed by atoms with van der Waals surface area (Å²) in [5, 5.41) is 7.12. The average Bonchev–Trinajstić information content (AvgIpc) is 3.05. The maximum Gasteiger partial charge on any atom is 0.239 e. The molecule has 1 aliphatic rings. The largest absolute Gasteiger partial charge is 0.368 e. The molecule has 3 rings (SSSR count). The first-order chi connectivity index (χ1) is 11.2. The van der Waals surface area contributed by atoms with Crippen LogP contribution < -0.4 is 5.73 Å². The molecule has 0 bridgehead atoms. The number of morpholine rings is 1. The van der Waals surface area contributed by atoms with E-state index in [0.717, 1.165) is 17.8 Å². The zero-order valence-corrected chi connectivity index (χ0v) is 13.1. The van der Waals surface area contributed by atoms with Gasteiger partial charge in [-0.2, -0.15) is 5.10 Å². The van der Waals surface area contributed by atoms with Crippen molar-refractivity contribution >= 4 is 5.91 Å². The second-order valence-corrected chi connectivity index (χ2v) is 5.56. The van der Waals surface area contributed by atoms with Gasteiger partial charge in [-0.1, -0.05) is 37.3 Å². The third-order valence-corrected chi connectivity index (χ3v) is 4.02. The van der Waals surface area contributed by atoms with Crippen molar-refractivity contribution in [2.75, 3.05) is 19.7 Å². The molecule has 7 heteroatoms. The lowest BCUT2D eigenvalue weighted by Gasteiger charge is -2.36.